The number of aliphatic hydroxyl groups is 1. The standard InChI is InChI=1S/C12H18O2/c1-3-8-14-12-6-4-11(5-7-12)9-10(2)13/h4-7,10,13H,3,8-9H2,1-2H3. The third-order valence-corrected chi connectivity index (χ3v) is 1.93. The van der Waals surface area contributed by atoms with Gasteiger partial charge in [0.25, 0.3) is 0 Å². The number of benzene rings is 1. The second-order valence-corrected chi connectivity index (χ2v) is 3.55. The number of aliphatic hydroxyl groups excluding tert-OH is 1. The van der Waals surface area contributed by atoms with Crippen molar-refractivity contribution in [3.05, 3.63) is 29.8 Å². The Morgan fingerprint density at radius 3 is 2.43 bits per heavy atom. The maximum atomic E-state index is 9.19. The molecule has 0 radical (unpaired) electrons. The molecule has 0 fully saturated rings. The van der Waals surface area contributed by atoms with Crippen molar-refractivity contribution in [1.29, 1.82) is 0 Å². The third kappa shape index (κ3) is 3.79. The van der Waals surface area contributed by atoms with E-state index < -0.39 is 0 Å². The van der Waals surface area contributed by atoms with Crippen LogP contribution in [0.25, 0.3) is 0 Å². The largest absolute Gasteiger partial charge is 0.494 e. The van der Waals surface area contributed by atoms with Crippen LogP contribution in [0.5, 0.6) is 5.75 Å². The molecule has 1 unspecified atom stereocenters. The van der Waals surface area contributed by atoms with Gasteiger partial charge in [0, 0.05) is 0 Å². The van der Waals surface area contributed by atoms with Gasteiger partial charge in [0.15, 0.2) is 0 Å². The quantitative estimate of drug-likeness (QED) is 0.780. The van der Waals surface area contributed by atoms with Gasteiger partial charge in [0.2, 0.25) is 0 Å². The smallest absolute Gasteiger partial charge is 0.119 e. The average molecular weight is 194 g/mol. The summed E-state index contributed by atoms with van der Waals surface area (Å²) >= 11 is 0. The molecule has 0 aliphatic heterocycles. The normalized spacial score (nSPS) is 12.5. The molecular weight excluding hydrogens is 176 g/mol. The Bertz CT molecular complexity index is 252. The first kappa shape index (κ1) is 11.1. The van der Waals surface area contributed by atoms with Crippen molar-refractivity contribution in [2.24, 2.45) is 0 Å². The summed E-state index contributed by atoms with van der Waals surface area (Å²) in [5.74, 6) is 0.904. The molecule has 14 heavy (non-hydrogen) atoms. The molecule has 0 aromatic heterocycles. The number of ether oxygens (including phenoxy) is 1. The molecule has 0 heterocycles. The highest BCUT2D eigenvalue weighted by molar-refractivity contribution is 5.27. The lowest BCUT2D eigenvalue weighted by atomic mass is 10.1. The summed E-state index contributed by atoms with van der Waals surface area (Å²) in [6.45, 7) is 4.64. The predicted molar refractivity (Wildman–Crippen MR) is 57.6 cm³/mol. The zero-order valence-electron chi connectivity index (χ0n) is 8.86. The van der Waals surface area contributed by atoms with Crippen LogP contribution in [0.15, 0.2) is 24.3 Å². The molecule has 0 aliphatic rings. The Balaban J connectivity index is 2.50. The van der Waals surface area contributed by atoms with Crippen LogP contribution < -0.4 is 4.74 Å². The van der Waals surface area contributed by atoms with Crippen LogP contribution in [0, 0.1) is 0 Å². The summed E-state index contributed by atoms with van der Waals surface area (Å²) in [5, 5.41) is 9.19. The topological polar surface area (TPSA) is 29.5 Å². The average Bonchev–Trinajstić information content (AvgIpc) is 2.16. The molecule has 0 saturated heterocycles. The molecule has 1 N–H and O–H groups in total. The summed E-state index contributed by atoms with van der Waals surface area (Å²) in [5.41, 5.74) is 1.14. The highest BCUT2D eigenvalue weighted by Gasteiger charge is 1.99. The monoisotopic (exact) mass is 194 g/mol. The van der Waals surface area contributed by atoms with E-state index in [2.05, 4.69) is 6.92 Å². The Kier molecular flexibility index (Phi) is 4.47. The number of hydrogen-bond donors (Lipinski definition) is 1. The Hall–Kier alpha value is -1.02. The maximum absolute atomic E-state index is 9.19. The lowest BCUT2D eigenvalue weighted by molar-refractivity contribution is 0.195. The maximum Gasteiger partial charge on any atom is 0.119 e. The molecule has 1 aromatic carbocycles. The molecular formula is C12H18O2. The van der Waals surface area contributed by atoms with Crippen molar-refractivity contribution < 1.29 is 9.84 Å². The summed E-state index contributed by atoms with van der Waals surface area (Å²) in [6, 6.07) is 7.90. The van der Waals surface area contributed by atoms with Gasteiger partial charge in [-0.15, -0.1) is 0 Å². The van der Waals surface area contributed by atoms with E-state index in [-0.39, 0.29) is 6.10 Å². The van der Waals surface area contributed by atoms with Crippen molar-refractivity contribution >= 4 is 0 Å². The van der Waals surface area contributed by atoms with Gasteiger partial charge < -0.3 is 9.84 Å². The van der Waals surface area contributed by atoms with Crippen molar-refractivity contribution in [3.8, 4) is 5.75 Å². The third-order valence-electron chi connectivity index (χ3n) is 1.93. The Morgan fingerprint density at radius 1 is 1.29 bits per heavy atom. The minimum absolute atomic E-state index is 0.280. The molecule has 2 nitrogen and oxygen atoms in total. The summed E-state index contributed by atoms with van der Waals surface area (Å²) < 4.78 is 5.45. The van der Waals surface area contributed by atoms with Gasteiger partial charge in [-0.25, -0.2) is 0 Å². The van der Waals surface area contributed by atoms with E-state index in [0.717, 1.165) is 24.3 Å². The fourth-order valence-corrected chi connectivity index (χ4v) is 1.28. The lowest BCUT2D eigenvalue weighted by Gasteiger charge is -2.07. The minimum atomic E-state index is -0.280. The summed E-state index contributed by atoms with van der Waals surface area (Å²) in [7, 11) is 0. The van der Waals surface area contributed by atoms with E-state index in [0.29, 0.717) is 6.42 Å². The van der Waals surface area contributed by atoms with Gasteiger partial charge in [-0.3, -0.25) is 0 Å². The molecule has 1 rings (SSSR count). The van der Waals surface area contributed by atoms with Crippen LogP contribution in [-0.4, -0.2) is 17.8 Å². The second-order valence-electron chi connectivity index (χ2n) is 3.55. The first-order chi connectivity index (χ1) is 6.72. The van der Waals surface area contributed by atoms with Crippen LogP contribution in [-0.2, 0) is 6.42 Å². The predicted octanol–water partition coefficient (Wildman–Crippen LogP) is 2.40. The first-order valence-corrected chi connectivity index (χ1v) is 5.12. The minimum Gasteiger partial charge on any atom is -0.494 e. The van der Waals surface area contributed by atoms with Crippen LogP contribution in [0.3, 0.4) is 0 Å². The van der Waals surface area contributed by atoms with Gasteiger partial charge in [0.05, 0.1) is 12.7 Å². The fourth-order valence-electron chi connectivity index (χ4n) is 1.28. The van der Waals surface area contributed by atoms with Crippen LogP contribution >= 0.6 is 0 Å². The highest BCUT2D eigenvalue weighted by Crippen LogP contribution is 2.13. The zero-order valence-corrected chi connectivity index (χ0v) is 8.86. The van der Waals surface area contributed by atoms with Crippen molar-refractivity contribution in [3.63, 3.8) is 0 Å². The molecule has 1 aromatic rings. The van der Waals surface area contributed by atoms with E-state index in [1.807, 2.05) is 24.3 Å². The van der Waals surface area contributed by atoms with Gasteiger partial charge in [0.1, 0.15) is 5.75 Å². The Morgan fingerprint density at radius 2 is 1.93 bits per heavy atom. The van der Waals surface area contributed by atoms with Crippen molar-refractivity contribution in [1.82, 2.24) is 0 Å². The van der Waals surface area contributed by atoms with Gasteiger partial charge >= 0.3 is 0 Å². The molecule has 0 amide bonds. The van der Waals surface area contributed by atoms with E-state index >= 15 is 0 Å². The van der Waals surface area contributed by atoms with Crippen molar-refractivity contribution in [2.75, 3.05) is 6.61 Å². The number of rotatable bonds is 5. The van der Waals surface area contributed by atoms with Crippen molar-refractivity contribution in [2.45, 2.75) is 32.8 Å². The van der Waals surface area contributed by atoms with Crippen LogP contribution in [0.4, 0.5) is 0 Å². The van der Waals surface area contributed by atoms with Crippen LogP contribution in [0.2, 0.25) is 0 Å². The first-order valence-electron chi connectivity index (χ1n) is 5.12. The molecule has 0 bridgehead atoms. The fraction of sp³-hybridized carbons (Fsp3) is 0.500. The molecule has 1 atom stereocenters. The van der Waals surface area contributed by atoms with E-state index in [1.54, 1.807) is 6.92 Å². The van der Waals surface area contributed by atoms with Gasteiger partial charge in [-0.05, 0) is 37.5 Å². The summed E-state index contributed by atoms with van der Waals surface area (Å²) in [6.07, 6.45) is 1.45. The molecule has 0 aliphatic carbocycles. The van der Waals surface area contributed by atoms with E-state index in [1.165, 1.54) is 0 Å². The SMILES string of the molecule is CCCOc1ccc(CC(C)O)cc1. The molecule has 0 saturated carbocycles. The van der Waals surface area contributed by atoms with E-state index in [4.69, 9.17) is 4.74 Å². The Labute approximate surface area is 85.5 Å². The highest BCUT2D eigenvalue weighted by atomic mass is 16.5. The molecule has 0 spiro atoms. The zero-order chi connectivity index (χ0) is 10.4. The van der Waals surface area contributed by atoms with E-state index in [9.17, 15) is 5.11 Å². The molecule has 2 heteroatoms. The van der Waals surface area contributed by atoms with Gasteiger partial charge in [-0.1, -0.05) is 19.1 Å². The second kappa shape index (κ2) is 5.66. The number of hydrogen-bond acceptors (Lipinski definition) is 2. The molecule has 78 valence electrons. The lowest BCUT2D eigenvalue weighted by Crippen LogP contribution is -2.04. The van der Waals surface area contributed by atoms with Gasteiger partial charge in [-0.2, -0.15) is 0 Å². The summed E-state index contributed by atoms with van der Waals surface area (Å²) in [4.78, 5) is 0. The van der Waals surface area contributed by atoms with Crippen LogP contribution in [0.1, 0.15) is 25.8 Å².